The molecule has 39 heavy (non-hydrogen) atoms. The molecule has 2 aromatic heterocycles. The van der Waals surface area contributed by atoms with Gasteiger partial charge in [-0.25, -0.2) is 14.6 Å². The lowest BCUT2D eigenvalue weighted by atomic mass is 9.87. The third-order valence-corrected chi connectivity index (χ3v) is 7.44. The van der Waals surface area contributed by atoms with E-state index in [4.69, 9.17) is 9.15 Å². The maximum atomic E-state index is 13.3. The summed E-state index contributed by atoms with van der Waals surface area (Å²) in [7, 11) is 1.55. The summed E-state index contributed by atoms with van der Waals surface area (Å²) in [6.45, 7) is 1.77. The Bertz CT molecular complexity index is 1570. The molecule has 13 heteroatoms. The quantitative estimate of drug-likeness (QED) is 0.412. The first-order valence-electron chi connectivity index (χ1n) is 12.2. The topological polar surface area (TPSA) is 172 Å². The average molecular weight is 533 g/mol. The van der Waals surface area contributed by atoms with Gasteiger partial charge in [-0.15, -0.1) is 0 Å². The van der Waals surface area contributed by atoms with Gasteiger partial charge in [0.25, 0.3) is 11.8 Å². The highest BCUT2D eigenvalue weighted by molar-refractivity contribution is 6.08. The van der Waals surface area contributed by atoms with Crippen molar-refractivity contribution in [3.8, 4) is 0 Å². The van der Waals surface area contributed by atoms with Crippen LogP contribution in [-0.2, 0) is 30.2 Å². The minimum absolute atomic E-state index is 0.00326. The van der Waals surface area contributed by atoms with E-state index in [9.17, 15) is 24.0 Å². The summed E-state index contributed by atoms with van der Waals surface area (Å²) in [6, 6.07) is 1.94. The molecule has 2 aromatic rings. The van der Waals surface area contributed by atoms with Crippen molar-refractivity contribution in [2.24, 2.45) is 0 Å². The number of ether oxygens (including phenoxy) is 1. The monoisotopic (exact) mass is 532 g/mol. The number of carbonyl (C=O) groups excluding carboxylic acids is 5. The van der Waals surface area contributed by atoms with Gasteiger partial charge in [-0.2, -0.15) is 0 Å². The molecule has 5 heterocycles. The van der Waals surface area contributed by atoms with E-state index in [2.05, 4.69) is 26.3 Å². The van der Waals surface area contributed by atoms with E-state index in [1.807, 2.05) is 6.08 Å². The third kappa shape index (κ3) is 3.93. The molecule has 1 aliphatic carbocycles. The summed E-state index contributed by atoms with van der Waals surface area (Å²) in [5.74, 6) is -0.606. The second kappa shape index (κ2) is 8.55. The lowest BCUT2D eigenvalue weighted by molar-refractivity contribution is -0.130. The number of rotatable bonds is 5. The lowest BCUT2D eigenvalue weighted by Crippen LogP contribution is -2.57. The van der Waals surface area contributed by atoms with Crippen molar-refractivity contribution >= 4 is 40.9 Å². The van der Waals surface area contributed by atoms with Crippen molar-refractivity contribution in [3.63, 3.8) is 0 Å². The number of allylic oxidation sites excluding steroid dienone is 2. The van der Waals surface area contributed by atoms with Crippen LogP contribution in [0.1, 0.15) is 31.1 Å². The number of amides is 7. The Morgan fingerprint density at radius 1 is 1.08 bits per heavy atom. The first kappa shape index (κ1) is 24.4. The van der Waals surface area contributed by atoms with E-state index in [0.717, 1.165) is 5.57 Å². The molecule has 4 aliphatic rings. The van der Waals surface area contributed by atoms with E-state index >= 15 is 0 Å². The van der Waals surface area contributed by atoms with Crippen LogP contribution in [0.5, 0.6) is 0 Å². The minimum Gasteiger partial charge on any atom is -0.497 e. The number of nitrogens with one attached hydrogen (secondary N) is 4. The molecule has 0 radical (unpaired) electrons. The maximum absolute atomic E-state index is 13.3. The van der Waals surface area contributed by atoms with Crippen LogP contribution >= 0.6 is 0 Å². The molecular weight excluding hydrogens is 508 g/mol. The zero-order valence-corrected chi connectivity index (χ0v) is 21.0. The van der Waals surface area contributed by atoms with Crippen molar-refractivity contribution in [2.75, 3.05) is 20.2 Å². The van der Waals surface area contributed by atoms with Crippen LogP contribution in [0.4, 0.5) is 9.59 Å². The van der Waals surface area contributed by atoms with E-state index in [1.54, 1.807) is 38.3 Å². The number of carbonyl (C=O) groups is 5. The fourth-order valence-corrected chi connectivity index (χ4v) is 5.38. The standard InChI is InChI=1S/C26H24N6O7/c1-25(9-19(33)28-23(36)30-25)15-7-14-8-18(39-20(14)27-10-15)26(22(35)29-24(37)31-26)12-32-11-13-3-4-16(38-2)5-6-17(13)21(32)34/h3-5,7-8,10H,6,9,11-12H2,1-2H3,(H2,28,30,33,36)(H2,29,31,35,37)/t25?,26-/m0/s1. The van der Waals surface area contributed by atoms with Gasteiger partial charge in [0.05, 0.1) is 25.6 Å². The van der Waals surface area contributed by atoms with E-state index in [-0.39, 0.29) is 36.9 Å². The molecule has 0 spiro atoms. The number of furan rings is 1. The van der Waals surface area contributed by atoms with Crippen LogP contribution in [0.2, 0.25) is 0 Å². The molecule has 0 bridgehead atoms. The second-order valence-electron chi connectivity index (χ2n) is 10.1. The van der Waals surface area contributed by atoms with Crippen molar-refractivity contribution in [3.05, 3.63) is 64.8 Å². The molecule has 7 amide bonds. The molecule has 2 atom stereocenters. The van der Waals surface area contributed by atoms with Crippen LogP contribution in [-0.4, -0.2) is 59.9 Å². The number of fused-ring (bicyclic) bond motifs is 1. The van der Waals surface area contributed by atoms with Crippen LogP contribution in [0.3, 0.4) is 0 Å². The van der Waals surface area contributed by atoms with E-state index in [1.165, 1.54) is 11.1 Å². The number of methoxy groups -OCH3 is 1. The Hall–Kier alpha value is -4.94. The SMILES string of the molecule is COC1=CCC2=C(C=C1)CN(C[C@@]1(c3cc4cc(C5(C)CC(=O)NC(=O)N5)cnc4o3)NC(=O)NC1=O)C2=O. The van der Waals surface area contributed by atoms with Gasteiger partial charge in [0.15, 0.2) is 5.54 Å². The fourth-order valence-electron chi connectivity index (χ4n) is 5.38. The van der Waals surface area contributed by atoms with Gasteiger partial charge < -0.3 is 24.7 Å². The predicted molar refractivity (Wildman–Crippen MR) is 133 cm³/mol. The number of hydrogen-bond donors (Lipinski definition) is 4. The summed E-state index contributed by atoms with van der Waals surface area (Å²) in [5, 5.41) is 10.3. The van der Waals surface area contributed by atoms with Crippen molar-refractivity contribution in [2.45, 2.75) is 30.8 Å². The van der Waals surface area contributed by atoms with E-state index in [0.29, 0.717) is 28.7 Å². The maximum Gasteiger partial charge on any atom is 0.322 e. The summed E-state index contributed by atoms with van der Waals surface area (Å²) in [6.07, 6.45) is 7.25. The van der Waals surface area contributed by atoms with Gasteiger partial charge in [0.2, 0.25) is 11.6 Å². The molecule has 200 valence electrons. The Kier molecular flexibility index (Phi) is 5.35. The van der Waals surface area contributed by atoms with Crippen LogP contribution in [0, 0.1) is 0 Å². The number of urea groups is 2. The van der Waals surface area contributed by atoms with Crippen LogP contribution < -0.4 is 21.3 Å². The summed E-state index contributed by atoms with van der Waals surface area (Å²) in [4.78, 5) is 68.6. The molecule has 13 nitrogen and oxygen atoms in total. The minimum atomic E-state index is -1.70. The number of imide groups is 2. The Balaban J connectivity index is 1.33. The van der Waals surface area contributed by atoms with Crippen molar-refractivity contribution in [1.82, 2.24) is 31.2 Å². The Morgan fingerprint density at radius 2 is 1.87 bits per heavy atom. The molecule has 2 saturated heterocycles. The first-order chi connectivity index (χ1) is 18.6. The summed E-state index contributed by atoms with van der Waals surface area (Å²) >= 11 is 0. The molecule has 4 N–H and O–H groups in total. The number of pyridine rings is 1. The number of aromatic nitrogens is 1. The fraction of sp³-hybridized carbons (Fsp3) is 0.308. The Morgan fingerprint density at radius 3 is 2.59 bits per heavy atom. The van der Waals surface area contributed by atoms with Gasteiger partial charge in [0.1, 0.15) is 11.5 Å². The zero-order chi connectivity index (χ0) is 27.5. The second-order valence-corrected chi connectivity index (χ2v) is 10.1. The number of nitrogens with zero attached hydrogens (tertiary/aromatic N) is 2. The molecule has 3 aliphatic heterocycles. The Labute approximate surface area is 221 Å². The van der Waals surface area contributed by atoms with E-state index < -0.39 is 35.0 Å². The van der Waals surface area contributed by atoms with Crippen LogP contribution in [0.15, 0.2) is 57.9 Å². The van der Waals surface area contributed by atoms with Crippen molar-refractivity contribution in [1.29, 1.82) is 0 Å². The highest BCUT2D eigenvalue weighted by atomic mass is 16.5. The molecular formula is C26H24N6O7. The largest absolute Gasteiger partial charge is 0.497 e. The molecule has 6 rings (SSSR count). The van der Waals surface area contributed by atoms with Gasteiger partial charge in [-0.3, -0.25) is 25.0 Å². The molecule has 2 fully saturated rings. The normalized spacial score (nSPS) is 26.7. The highest BCUT2D eigenvalue weighted by Gasteiger charge is 2.53. The van der Waals surface area contributed by atoms with Gasteiger partial charge >= 0.3 is 12.1 Å². The predicted octanol–water partition coefficient (Wildman–Crippen LogP) is 0.936. The van der Waals surface area contributed by atoms with Crippen LogP contribution in [0.25, 0.3) is 11.1 Å². The molecule has 0 saturated carbocycles. The summed E-state index contributed by atoms with van der Waals surface area (Å²) in [5.41, 5.74) is -0.591. The lowest BCUT2D eigenvalue weighted by Gasteiger charge is -2.34. The average Bonchev–Trinajstić information content (AvgIpc) is 3.46. The summed E-state index contributed by atoms with van der Waals surface area (Å²) < 4.78 is 11.2. The van der Waals surface area contributed by atoms with Gasteiger partial charge in [-0.1, -0.05) is 6.08 Å². The number of hydrogen-bond acceptors (Lipinski definition) is 8. The van der Waals surface area contributed by atoms with Gasteiger partial charge in [0, 0.05) is 23.7 Å². The smallest absolute Gasteiger partial charge is 0.322 e. The zero-order valence-electron chi connectivity index (χ0n) is 21.0. The molecule has 0 aromatic carbocycles. The third-order valence-electron chi connectivity index (χ3n) is 7.44. The van der Waals surface area contributed by atoms with Gasteiger partial charge in [-0.05, 0) is 48.8 Å². The molecule has 1 unspecified atom stereocenters. The first-order valence-corrected chi connectivity index (χ1v) is 12.2. The highest BCUT2D eigenvalue weighted by Crippen LogP contribution is 2.36. The van der Waals surface area contributed by atoms with Crippen molar-refractivity contribution < 1.29 is 33.1 Å².